The Balaban J connectivity index is 2.63. The fourth-order valence-electron chi connectivity index (χ4n) is 0.837. The molecule has 0 saturated heterocycles. The highest BCUT2D eigenvalue weighted by atomic mass is 33.1. The van der Waals surface area contributed by atoms with Gasteiger partial charge in [0.25, 0.3) is 0 Å². The molecule has 68 valence electrons. The van der Waals surface area contributed by atoms with Crippen LogP contribution in [-0.2, 0) is 5.75 Å². The molecule has 0 aliphatic heterocycles. The van der Waals surface area contributed by atoms with Gasteiger partial charge in [-0.1, -0.05) is 51.0 Å². The van der Waals surface area contributed by atoms with Crippen LogP contribution < -0.4 is 0 Å². The Labute approximate surface area is 84.9 Å². The van der Waals surface area contributed by atoms with Crippen molar-refractivity contribution in [3.63, 3.8) is 0 Å². The van der Waals surface area contributed by atoms with E-state index in [1.165, 1.54) is 5.56 Å². The smallest absolute Gasteiger partial charge is 0.0375 e. The van der Waals surface area contributed by atoms with Gasteiger partial charge in [0.15, 0.2) is 0 Å². The zero-order chi connectivity index (χ0) is 9.52. The number of azide groups is 1. The second-order valence-corrected chi connectivity index (χ2v) is 4.85. The van der Waals surface area contributed by atoms with Crippen molar-refractivity contribution in [1.82, 2.24) is 0 Å². The van der Waals surface area contributed by atoms with Crippen LogP contribution in [-0.4, -0.2) is 6.26 Å². The first-order valence-electron chi connectivity index (χ1n) is 3.66. The minimum atomic E-state index is 0.667. The van der Waals surface area contributed by atoms with Crippen molar-refractivity contribution in [2.24, 2.45) is 5.11 Å². The van der Waals surface area contributed by atoms with E-state index in [9.17, 15) is 0 Å². The van der Waals surface area contributed by atoms with Gasteiger partial charge in [-0.05, 0) is 17.4 Å². The maximum absolute atomic E-state index is 8.18. The van der Waals surface area contributed by atoms with Crippen LogP contribution in [0.3, 0.4) is 0 Å². The summed E-state index contributed by atoms with van der Waals surface area (Å²) in [6, 6.07) is 7.62. The van der Waals surface area contributed by atoms with Gasteiger partial charge < -0.3 is 0 Å². The Bertz CT molecular complexity index is 304. The maximum Gasteiger partial charge on any atom is 0.0375 e. The molecule has 0 saturated carbocycles. The first-order chi connectivity index (χ1) is 6.36. The van der Waals surface area contributed by atoms with Crippen molar-refractivity contribution in [3.8, 4) is 0 Å². The Morgan fingerprint density at radius 3 is 2.62 bits per heavy atom. The summed E-state index contributed by atoms with van der Waals surface area (Å²) in [5.74, 6) is 0.984. The minimum absolute atomic E-state index is 0.667. The number of nitrogens with zero attached hydrogens (tertiary/aromatic N) is 3. The molecular formula is C8H9N3S2. The van der Waals surface area contributed by atoms with Gasteiger partial charge in [0.1, 0.15) is 0 Å². The van der Waals surface area contributed by atoms with Gasteiger partial charge in [-0.25, -0.2) is 0 Å². The predicted octanol–water partition coefficient (Wildman–Crippen LogP) is 4.14. The molecule has 0 spiro atoms. The third kappa shape index (κ3) is 3.63. The van der Waals surface area contributed by atoms with Crippen LogP contribution in [0.4, 0.5) is 5.69 Å². The molecule has 0 atom stereocenters. The molecule has 0 fully saturated rings. The van der Waals surface area contributed by atoms with Crippen LogP contribution >= 0.6 is 21.6 Å². The van der Waals surface area contributed by atoms with Crippen molar-refractivity contribution in [1.29, 1.82) is 0 Å². The summed E-state index contributed by atoms with van der Waals surface area (Å²) in [7, 11) is 3.54. The number of hydrogen-bond acceptors (Lipinski definition) is 3. The lowest BCUT2D eigenvalue weighted by Gasteiger charge is -1.98. The number of benzene rings is 1. The summed E-state index contributed by atoms with van der Waals surface area (Å²) >= 11 is 0. The molecule has 0 aliphatic rings. The van der Waals surface area contributed by atoms with E-state index < -0.39 is 0 Å². The van der Waals surface area contributed by atoms with E-state index in [1.807, 2.05) is 24.3 Å². The summed E-state index contributed by atoms with van der Waals surface area (Å²) in [6.45, 7) is 0. The number of rotatable bonds is 4. The highest BCUT2D eigenvalue weighted by Crippen LogP contribution is 2.23. The molecule has 5 heteroatoms. The topological polar surface area (TPSA) is 48.8 Å². The van der Waals surface area contributed by atoms with Gasteiger partial charge in [-0.2, -0.15) is 0 Å². The van der Waals surface area contributed by atoms with Crippen LogP contribution in [0, 0.1) is 0 Å². The SMILES string of the molecule is CSSCc1ccc(N=[N+]=[N-])cc1. The van der Waals surface area contributed by atoms with Gasteiger partial charge in [-0.15, -0.1) is 0 Å². The largest absolute Gasteiger partial charge is 0.0973 e. The molecule has 0 heterocycles. The molecule has 0 amide bonds. The summed E-state index contributed by atoms with van der Waals surface area (Å²) in [6.07, 6.45) is 2.05. The third-order valence-corrected chi connectivity index (χ3v) is 3.19. The predicted molar refractivity (Wildman–Crippen MR) is 60.1 cm³/mol. The van der Waals surface area contributed by atoms with Gasteiger partial charge in [0, 0.05) is 16.4 Å². The highest BCUT2D eigenvalue weighted by Gasteiger charge is 1.92. The maximum atomic E-state index is 8.18. The average Bonchev–Trinajstić information content (AvgIpc) is 2.17. The summed E-state index contributed by atoms with van der Waals surface area (Å²) < 4.78 is 0. The molecule has 3 nitrogen and oxygen atoms in total. The highest BCUT2D eigenvalue weighted by molar-refractivity contribution is 8.76. The van der Waals surface area contributed by atoms with Gasteiger partial charge in [-0.3, -0.25) is 0 Å². The lowest BCUT2D eigenvalue weighted by atomic mass is 10.2. The second kappa shape index (κ2) is 5.80. The van der Waals surface area contributed by atoms with Crippen LogP contribution in [0.2, 0.25) is 0 Å². The fourth-order valence-corrected chi connectivity index (χ4v) is 2.05. The van der Waals surface area contributed by atoms with E-state index in [0.29, 0.717) is 5.69 Å². The minimum Gasteiger partial charge on any atom is -0.0973 e. The Hall–Kier alpha value is -0.770. The van der Waals surface area contributed by atoms with Crippen LogP contribution in [0.15, 0.2) is 29.4 Å². The molecule has 0 N–H and O–H groups in total. The zero-order valence-electron chi connectivity index (χ0n) is 7.17. The standard InChI is InChI=1S/C8H9N3S2/c1-12-13-6-7-2-4-8(5-3-7)10-11-9/h2-5H,6H2,1H3. The van der Waals surface area contributed by atoms with Gasteiger partial charge in [0.05, 0.1) is 0 Å². The van der Waals surface area contributed by atoms with E-state index in [2.05, 4.69) is 16.3 Å². The molecule has 1 aromatic carbocycles. The van der Waals surface area contributed by atoms with Crippen molar-refractivity contribution < 1.29 is 0 Å². The molecule has 0 radical (unpaired) electrons. The molecule has 0 bridgehead atoms. The van der Waals surface area contributed by atoms with Crippen molar-refractivity contribution in [2.45, 2.75) is 5.75 Å². The first-order valence-corrected chi connectivity index (χ1v) is 6.39. The van der Waals surface area contributed by atoms with Crippen molar-refractivity contribution >= 4 is 27.3 Å². The monoisotopic (exact) mass is 211 g/mol. The molecule has 1 rings (SSSR count). The van der Waals surface area contributed by atoms with Gasteiger partial charge in [0.2, 0.25) is 0 Å². The van der Waals surface area contributed by atoms with Crippen LogP contribution in [0.5, 0.6) is 0 Å². The second-order valence-electron chi connectivity index (χ2n) is 2.28. The van der Waals surface area contributed by atoms with Crippen molar-refractivity contribution in [2.75, 3.05) is 6.26 Å². The van der Waals surface area contributed by atoms with Crippen LogP contribution in [0.1, 0.15) is 5.56 Å². The van der Waals surface area contributed by atoms with E-state index in [-0.39, 0.29) is 0 Å². The Kier molecular flexibility index (Phi) is 4.60. The average molecular weight is 211 g/mol. The number of hydrogen-bond donors (Lipinski definition) is 0. The molecule has 0 aromatic heterocycles. The fraction of sp³-hybridized carbons (Fsp3) is 0.250. The van der Waals surface area contributed by atoms with E-state index >= 15 is 0 Å². The first kappa shape index (κ1) is 10.3. The van der Waals surface area contributed by atoms with E-state index in [4.69, 9.17) is 5.53 Å². The van der Waals surface area contributed by atoms with Gasteiger partial charge >= 0.3 is 0 Å². The lowest BCUT2D eigenvalue weighted by molar-refractivity contribution is 1.39. The quantitative estimate of drug-likeness (QED) is 0.325. The lowest BCUT2D eigenvalue weighted by Crippen LogP contribution is -1.75. The van der Waals surface area contributed by atoms with Crippen LogP contribution in [0.25, 0.3) is 10.4 Å². The molecule has 0 aliphatic carbocycles. The Morgan fingerprint density at radius 1 is 1.38 bits per heavy atom. The molecule has 13 heavy (non-hydrogen) atoms. The normalized spacial score (nSPS) is 9.31. The summed E-state index contributed by atoms with van der Waals surface area (Å²) in [5.41, 5.74) is 10.1. The summed E-state index contributed by atoms with van der Waals surface area (Å²) in [4.78, 5) is 2.71. The zero-order valence-corrected chi connectivity index (χ0v) is 8.81. The molecular weight excluding hydrogens is 202 g/mol. The summed E-state index contributed by atoms with van der Waals surface area (Å²) in [5, 5.41) is 3.50. The third-order valence-electron chi connectivity index (χ3n) is 1.44. The van der Waals surface area contributed by atoms with E-state index in [1.54, 1.807) is 21.6 Å². The Morgan fingerprint density at radius 2 is 2.08 bits per heavy atom. The van der Waals surface area contributed by atoms with Crippen molar-refractivity contribution in [3.05, 3.63) is 40.3 Å². The van der Waals surface area contributed by atoms with E-state index in [0.717, 1.165) is 5.75 Å². The molecule has 0 unspecified atom stereocenters. The molecule has 1 aromatic rings.